The lowest BCUT2D eigenvalue weighted by atomic mass is 9.92. The van der Waals surface area contributed by atoms with E-state index in [9.17, 15) is 18.8 Å². The standard InChI is InChI=1S/C21H20FN3O3/c1-24(12-15-7-3-5-9-17(15)22)18(26)13-25-19(27)21(23-20(25)28)11-10-14-6-2-4-8-16(14)21/h2-9H,10-13H2,1H3,(H,23,28)/t21-/m0/s1. The van der Waals surface area contributed by atoms with Gasteiger partial charge in [-0.05, 0) is 30.0 Å². The Labute approximate surface area is 161 Å². The van der Waals surface area contributed by atoms with Crippen LogP contribution in [0.1, 0.15) is 23.1 Å². The maximum Gasteiger partial charge on any atom is 0.325 e. The number of nitrogens with zero attached hydrogens (tertiary/aromatic N) is 2. The van der Waals surface area contributed by atoms with Gasteiger partial charge in [-0.3, -0.25) is 14.5 Å². The number of fused-ring (bicyclic) bond motifs is 2. The Kier molecular flexibility index (Phi) is 4.37. The minimum absolute atomic E-state index is 0.0587. The molecule has 2 aliphatic rings. The van der Waals surface area contributed by atoms with Crippen LogP contribution >= 0.6 is 0 Å². The van der Waals surface area contributed by atoms with Gasteiger partial charge in [0, 0.05) is 19.2 Å². The van der Waals surface area contributed by atoms with Crippen molar-refractivity contribution in [3.05, 3.63) is 71.0 Å². The fourth-order valence-corrected chi connectivity index (χ4v) is 3.96. The molecule has 0 bridgehead atoms. The Bertz CT molecular complexity index is 977. The molecule has 1 N–H and O–H groups in total. The maximum atomic E-state index is 13.8. The van der Waals surface area contributed by atoms with Gasteiger partial charge >= 0.3 is 6.03 Å². The Hall–Kier alpha value is -3.22. The topological polar surface area (TPSA) is 69.7 Å². The fraction of sp³-hybridized carbons (Fsp3) is 0.286. The van der Waals surface area contributed by atoms with Crippen LogP contribution < -0.4 is 5.32 Å². The zero-order valence-electron chi connectivity index (χ0n) is 15.4. The van der Waals surface area contributed by atoms with Gasteiger partial charge in [0.05, 0.1) is 0 Å². The lowest BCUT2D eigenvalue weighted by Crippen LogP contribution is -2.44. The predicted octanol–water partition coefficient (Wildman–Crippen LogP) is 2.18. The van der Waals surface area contributed by atoms with Crippen LogP contribution in [0, 0.1) is 5.82 Å². The first-order chi connectivity index (χ1) is 13.4. The monoisotopic (exact) mass is 381 g/mol. The molecule has 1 spiro atoms. The van der Waals surface area contributed by atoms with Gasteiger partial charge in [-0.25, -0.2) is 9.18 Å². The van der Waals surface area contributed by atoms with Crippen LogP contribution in [-0.4, -0.2) is 41.2 Å². The molecule has 2 aromatic rings. The van der Waals surface area contributed by atoms with E-state index in [1.165, 1.54) is 18.0 Å². The van der Waals surface area contributed by atoms with Crippen molar-refractivity contribution in [1.29, 1.82) is 0 Å². The molecule has 6 nitrogen and oxygen atoms in total. The van der Waals surface area contributed by atoms with Crippen molar-refractivity contribution in [3.8, 4) is 0 Å². The van der Waals surface area contributed by atoms with E-state index in [1.54, 1.807) is 18.2 Å². The van der Waals surface area contributed by atoms with Crippen molar-refractivity contribution in [2.45, 2.75) is 24.9 Å². The van der Waals surface area contributed by atoms with Crippen molar-refractivity contribution >= 4 is 17.8 Å². The molecule has 4 rings (SSSR count). The molecule has 4 amide bonds. The first kappa shape index (κ1) is 18.2. The van der Waals surface area contributed by atoms with E-state index in [-0.39, 0.29) is 13.1 Å². The van der Waals surface area contributed by atoms with E-state index in [2.05, 4.69) is 5.32 Å². The van der Waals surface area contributed by atoms with Crippen LogP contribution in [-0.2, 0) is 28.1 Å². The van der Waals surface area contributed by atoms with Gasteiger partial charge in [0.15, 0.2) is 0 Å². The molecule has 28 heavy (non-hydrogen) atoms. The first-order valence-corrected chi connectivity index (χ1v) is 9.12. The van der Waals surface area contributed by atoms with E-state index >= 15 is 0 Å². The predicted molar refractivity (Wildman–Crippen MR) is 99.6 cm³/mol. The summed E-state index contributed by atoms with van der Waals surface area (Å²) < 4.78 is 13.8. The summed E-state index contributed by atoms with van der Waals surface area (Å²) in [7, 11) is 1.52. The second-order valence-electron chi connectivity index (χ2n) is 7.23. The van der Waals surface area contributed by atoms with E-state index in [0.29, 0.717) is 18.4 Å². The number of carbonyl (C=O) groups excluding carboxylic acids is 3. The van der Waals surface area contributed by atoms with Crippen LogP contribution in [0.3, 0.4) is 0 Å². The molecule has 1 saturated heterocycles. The van der Waals surface area contributed by atoms with Gasteiger partial charge in [0.25, 0.3) is 5.91 Å². The Morgan fingerprint density at radius 3 is 2.68 bits per heavy atom. The van der Waals surface area contributed by atoms with E-state index < -0.39 is 29.2 Å². The van der Waals surface area contributed by atoms with Gasteiger partial charge in [0.1, 0.15) is 17.9 Å². The number of hydrogen-bond donors (Lipinski definition) is 1. The van der Waals surface area contributed by atoms with Gasteiger partial charge in [-0.2, -0.15) is 0 Å². The molecular weight excluding hydrogens is 361 g/mol. The van der Waals surface area contributed by atoms with E-state index in [1.807, 2.05) is 24.3 Å². The highest BCUT2D eigenvalue weighted by Gasteiger charge is 2.55. The van der Waals surface area contributed by atoms with Gasteiger partial charge < -0.3 is 10.2 Å². The van der Waals surface area contributed by atoms with Gasteiger partial charge in [-0.15, -0.1) is 0 Å². The Morgan fingerprint density at radius 2 is 1.89 bits per heavy atom. The normalized spacial score (nSPS) is 20.4. The van der Waals surface area contributed by atoms with Crippen molar-refractivity contribution in [2.24, 2.45) is 0 Å². The van der Waals surface area contributed by atoms with Gasteiger partial charge in [0.2, 0.25) is 5.91 Å². The van der Waals surface area contributed by atoms with Gasteiger partial charge in [-0.1, -0.05) is 42.5 Å². The minimum atomic E-state index is -1.09. The Morgan fingerprint density at radius 1 is 1.18 bits per heavy atom. The zero-order chi connectivity index (χ0) is 19.9. The number of benzene rings is 2. The average Bonchev–Trinajstić information content (AvgIpc) is 3.17. The SMILES string of the molecule is CN(Cc1ccccc1F)C(=O)CN1C(=O)N[C@]2(CCc3ccccc32)C1=O. The smallest absolute Gasteiger partial charge is 0.325 e. The maximum absolute atomic E-state index is 13.8. The van der Waals surface area contributed by atoms with Crippen molar-refractivity contribution < 1.29 is 18.8 Å². The largest absolute Gasteiger partial charge is 0.340 e. The van der Waals surface area contributed by atoms with Crippen LogP contribution in [0.5, 0.6) is 0 Å². The third kappa shape index (κ3) is 2.83. The third-order valence-electron chi connectivity index (χ3n) is 5.51. The molecule has 0 aromatic heterocycles. The number of likely N-dealkylation sites (N-methyl/N-ethyl adjacent to an activating group) is 1. The summed E-state index contributed by atoms with van der Waals surface area (Å²) in [5.41, 5.74) is 1.11. The lowest BCUT2D eigenvalue weighted by molar-refractivity contribution is -0.138. The molecule has 7 heteroatoms. The van der Waals surface area contributed by atoms with Crippen LogP contribution in [0.25, 0.3) is 0 Å². The highest BCUT2D eigenvalue weighted by Crippen LogP contribution is 2.41. The molecule has 1 atom stereocenters. The number of amides is 4. The second-order valence-corrected chi connectivity index (χ2v) is 7.23. The quantitative estimate of drug-likeness (QED) is 0.826. The number of nitrogens with one attached hydrogen (secondary N) is 1. The summed E-state index contributed by atoms with van der Waals surface area (Å²) in [5.74, 6) is -1.25. The first-order valence-electron chi connectivity index (χ1n) is 9.12. The summed E-state index contributed by atoms with van der Waals surface area (Å²) in [6.07, 6.45) is 1.17. The molecule has 1 aliphatic carbocycles. The summed E-state index contributed by atoms with van der Waals surface area (Å²) >= 11 is 0. The number of hydrogen-bond acceptors (Lipinski definition) is 3. The molecule has 0 radical (unpaired) electrons. The van der Waals surface area contributed by atoms with Crippen molar-refractivity contribution in [3.63, 3.8) is 0 Å². The minimum Gasteiger partial charge on any atom is -0.340 e. The van der Waals surface area contributed by atoms with Crippen LogP contribution in [0.15, 0.2) is 48.5 Å². The summed E-state index contributed by atoms with van der Waals surface area (Å²) in [6, 6.07) is 13.1. The third-order valence-corrected chi connectivity index (χ3v) is 5.51. The molecule has 0 saturated carbocycles. The number of carbonyl (C=O) groups is 3. The summed E-state index contributed by atoms with van der Waals surface area (Å²) in [5, 5.41) is 2.80. The molecule has 2 aromatic carbocycles. The summed E-state index contributed by atoms with van der Waals surface area (Å²) in [6.45, 7) is -0.317. The molecule has 0 unspecified atom stereocenters. The van der Waals surface area contributed by atoms with Crippen molar-refractivity contribution in [1.82, 2.24) is 15.1 Å². The summed E-state index contributed by atoms with van der Waals surface area (Å²) in [4.78, 5) is 40.4. The zero-order valence-corrected chi connectivity index (χ0v) is 15.4. The molecule has 1 aliphatic heterocycles. The highest BCUT2D eigenvalue weighted by molar-refractivity contribution is 6.09. The number of aryl methyl sites for hydroxylation is 1. The molecule has 1 heterocycles. The Balaban J connectivity index is 1.50. The lowest BCUT2D eigenvalue weighted by Gasteiger charge is -2.23. The fourth-order valence-electron chi connectivity index (χ4n) is 3.96. The van der Waals surface area contributed by atoms with E-state index in [0.717, 1.165) is 16.0 Å². The number of halogens is 1. The number of urea groups is 1. The van der Waals surface area contributed by atoms with Crippen LogP contribution in [0.2, 0.25) is 0 Å². The second kappa shape index (κ2) is 6.74. The van der Waals surface area contributed by atoms with E-state index in [4.69, 9.17) is 0 Å². The number of rotatable bonds is 4. The van der Waals surface area contributed by atoms with Crippen LogP contribution in [0.4, 0.5) is 9.18 Å². The highest BCUT2D eigenvalue weighted by atomic mass is 19.1. The molecular formula is C21H20FN3O3. The number of imide groups is 1. The molecule has 1 fully saturated rings. The van der Waals surface area contributed by atoms with Crippen molar-refractivity contribution in [2.75, 3.05) is 13.6 Å². The molecule has 144 valence electrons. The average molecular weight is 381 g/mol.